The van der Waals surface area contributed by atoms with Crippen molar-refractivity contribution in [3.63, 3.8) is 0 Å². The first-order valence-corrected chi connectivity index (χ1v) is 7.91. The van der Waals surface area contributed by atoms with Gasteiger partial charge in [0.1, 0.15) is 6.17 Å². The molecular formula is C11H23FN2O2S. The first-order chi connectivity index (χ1) is 7.75. The molecule has 4 nitrogen and oxygen atoms in total. The Hall–Kier alpha value is -0.200. The van der Waals surface area contributed by atoms with E-state index in [2.05, 4.69) is 18.7 Å². The monoisotopic (exact) mass is 266 g/mol. The summed E-state index contributed by atoms with van der Waals surface area (Å²) in [6, 6.07) is 0.299. The van der Waals surface area contributed by atoms with Crippen molar-refractivity contribution in [1.29, 1.82) is 0 Å². The molecule has 1 fully saturated rings. The lowest BCUT2D eigenvalue weighted by molar-refractivity contribution is 0.166. The highest BCUT2D eigenvalue weighted by Gasteiger charge is 2.35. The van der Waals surface area contributed by atoms with Gasteiger partial charge in [0.15, 0.2) is 0 Å². The average Bonchev–Trinajstić information content (AvgIpc) is 2.57. The summed E-state index contributed by atoms with van der Waals surface area (Å²) in [6.07, 6.45) is 1.74. The van der Waals surface area contributed by atoms with E-state index >= 15 is 0 Å². The Labute approximate surface area is 104 Å². The van der Waals surface area contributed by atoms with Crippen molar-refractivity contribution in [2.24, 2.45) is 0 Å². The third-order valence-corrected chi connectivity index (χ3v) is 4.88. The van der Waals surface area contributed by atoms with Crippen LogP contribution >= 0.6 is 0 Å². The highest BCUT2D eigenvalue weighted by atomic mass is 32.2. The van der Waals surface area contributed by atoms with Crippen LogP contribution < -0.4 is 0 Å². The van der Waals surface area contributed by atoms with Crippen LogP contribution in [0, 0.1) is 0 Å². The van der Waals surface area contributed by atoms with Crippen LogP contribution in [-0.2, 0) is 10.0 Å². The fourth-order valence-corrected chi connectivity index (χ4v) is 2.71. The Morgan fingerprint density at radius 2 is 2.12 bits per heavy atom. The summed E-state index contributed by atoms with van der Waals surface area (Å²) >= 11 is 0. The zero-order valence-corrected chi connectivity index (χ0v) is 11.9. The fourth-order valence-electron chi connectivity index (χ4n) is 2.27. The van der Waals surface area contributed by atoms with Gasteiger partial charge in [0.25, 0.3) is 0 Å². The van der Waals surface area contributed by atoms with Gasteiger partial charge in [-0.2, -0.15) is 0 Å². The molecule has 0 spiro atoms. The minimum Gasteiger partial charge on any atom is -0.293 e. The Morgan fingerprint density at radius 3 is 2.59 bits per heavy atom. The summed E-state index contributed by atoms with van der Waals surface area (Å²) in [4.78, 5) is 2.09. The van der Waals surface area contributed by atoms with E-state index in [0.717, 1.165) is 6.42 Å². The third-order valence-electron chi connectivity index (χ3n) is 3.60. The van der Waals surface area contributed by atoms with E-state index in [9.17, 15) is 12.8 Å². The number of sulfonamides is 1. The molecule has 0 N–H and O–H groups in total. The molecule has 3 unspecified atom stereocenters. The van der Waals surface area contributed by atoms with E-state index in [-0.39, 0.29) is 6.04 Å². The van der Waals surface area contributed by atoms with Gasteiger partial charge in [-0.05, 0) is 19.8 Å². The molecule has 0 aromatic carbocycles. The van der Waals surface area contributed by atoms with Crippen LogP contribution in [-0.4, -0.2) is 62.3 Å². The van der Waals surface area contributed by atoms with Gasteiger partial charge in [-0.1, -0.05) is 6.92 Å². The van der Waals surface area contributed by atoms with E-state index in [1.807, 2.05) is 0 Å². The van der Waals surface area contributed by atoms with Crippen molar-refractivity contribution in [2.45, 2.75) is 44.9 Å². The quantitative estimate of drug-likeness (QED) is 0.748. The number of likely N-dealkylation sites (N-methyl/N-ethyl adjacent to an activating group) is 1. The van der Waals surface area contributed by atoms with Crippen LogP contribution in [0.25, 0.3) is 0 Å². The fraction of sp³-hybridized carbons (Fsp3) is 1.00. The molecular weight excluding hydrogens is 243 g/mol. The molecule has 3 atom stereocenters. The minimum atomic E-state index is -3.18. The predicted octanol–water partition coefficient (Wildman–Crippen LogP) is 1.09. The van der Waals surface area contributed by atoms with Gasteiger partial charge >= 0.3 is 0 Å². The lowest BCUT2D eigenvalue weighted by atomic mass is 10.1. The summed E-state index contributed by atoms with van der Waals surface area (Å²) in [6.45, 7) is 4.93. The topological polar surface area (TPSA) is 40.6 Å². The number of halogens is 1. The first kappa shape index (κ1) is 14.9. The summed E-state index contributed by atoms with van der Waals surface area (Å²) in [7, 11) is -1.63. The highest BCUT2D eigenvalue weighted by molar-refractivity contribution is 7.88. The van der Waals surface area contributed by atoms with Gasteiger partial charge in [0, 0.05) is 32.2 Å². The largest absolute Gasteiger partial charge is 0.293 e. The van der Waals surface area contributed by atoms with Crippen molar-refractivity contribution >= 4 is 10.0 Å². The van der Waals surface area contributed by atoms with Crippen molar-refractivity contribution in [3.8, 4) is 0 Å². The summed E-state index contributed by atoms with van der Waals surface area (Å²) in [5.74, 6) is 0. The maximum atomic E-state index is 13.5. The van der Waals surface area contributed by atoms with Crippen molar-refractivity contribution < 1.29 is 12.8 Å². The molecule has 0 aromatic rings. The number of hydrogen-bond acceptors (Lipinski definition) is 3. The smallest absolute Gasteiger partial charge is 0.211 e. The van der Waals surface area contributed by atoms with E-state index < -0.39 is 16.2 Å². The number of rotatable bonds is 5. The Bertz CT molecular complexity index is 347. The van der Waals surface area contributed by atoms with Crippen LogP contribution in [0.1, 0.15) is 26.7 Å². The summed E-state index contributed by atoms with van der Waals surface area (Å²) in [5.41, 5.74) is 0. The Morgan fingerprint density at radius 1 is 1.53 bits per heavy atom. The van der Waals surface area contributed by atoms with Crippen molar-refractivity contribution in [2.75, 3.05) is 26.4 Å². The zero-order valence-electron chi connectivity index (χ0n) is 11.1. The predicted molar refractivity (Wildman–Crippen MR) is 67.2 cm³/mol. The molecule has 0 saturated carbocycles. The standard InChI is InChI=1S/C11H23FN2O2S/c1-5-9(2)14-7-10(12)6-11(14)8-13(3)17(4,15)16/h9-11H,5-8H2,1-4H3. The molecule has 1 aliphatic heterocycles. The molecule has 17 heavy (non-hydrogen) atoms. The SMILES string of the molecule is CCC(C)N1CC(F)CC1CN(C)S(C)(=O)=O. The van der Waals surface area contributed by atoms with Gasteiger partial charge in [0.05, 0.1) is 6.26 Å². The normalized spacial score (nSPS) is 28.8. The van der Waals surface area contributed by atoms with E-state index in [4.69, 9.17) is 0 Å². The van der Waals surface area contributed by atoms with Crippen LogP contribution in [0.15, 0.2) is 0 Å². The molecule has 0 radical (unpaired) electrons. The highest BCUT2D eigenvalue weighted by Crippen LogP contribution is 2.24. The van der Waals surface area contributed by atoms with Crippen molar-refractivity contribution in [1.82, 2.24) is 9.21 Å². The molecule has 0 bridgehead atoms. The number of hydrogen-bond donors (Lipinski definition) is 0. The van der Waals surface area contributed by atoms with Gasteiger partial charge in [-0.15, -0.1) is 0 Å². The summed E-state index contributed by atoms with van der Waals surface area (Å²) in [5, 5.41) is 0. The van der Waals surface area contributed by atoms with Crippen LogP contribution in [0.2, 0.25) is 0 Å². The molecule has 1 rings (SSSR count). The zero-order chi connectivity index (χ0) is 13.2. The van der Waals surface area contributed by atoms with E-state index in [1.54, 1.807) is 7.05 Å². The maximum Gasteiger partial charge on any atom is 0.211 e. The number of likely N-dealkylation sites (tertiary alicyclic amines) is 1. The number of alkyl halides is 1. The van der Waals surface area contributed by atoms with Gasteiger partial charge in [-0.25, -0.2) is 17.1 Å². The van der Waals surface area contributed by atoms with Crippen LogP contribution in [0.5, 0.6) is 0 Å². The summed E-state index contributed by atoms with van der Waals surface area (Å²) < 4.78 is 37.5. The lowest BCUT2D eigenvalue weighted by Crippen LogP contribution is -2.44. The third kappa shape index (κ3) is 3.89. The Balaban J connectivity index is 2.68. The second-order valence-corrected chi connectivity index (χ2v) is 7.07. The molecule has 0 aliphatic carbocycles. The minimum absolute atomic E-state index is 0.000301. The maximum absolute atomic E-state index is 13.5. The van der Waals surface area contributed by atoms with E-state index in [1.165, 1.54) is 10.6 Å². The molecule has 1 aliphatic rings. The van der Waals surface area contributed by atoms with Gasteiger partial charge < -0.3 is 0 Å². The molecule has 0 aromatic heterocycles. The second-order valence-electron chi connectivity index (χ2n) is 4.98. The lowest BCUT2D eigenvalue weighted by Gasteiger charge is -2.31. The van der Waals surface area contributed by atoms with E-state index in [0.29, 0.717) is 25.6 Å². The Kier molecular flexibility index (Phi) is 4.92. The molecule has 6 heteroatoms. The van der Waals surface area contributed by atoms with Crippen molar-refractivity contribution in [3.05, 3.63) is 0 Å². The molecule has 1 saturated heterocycles. The first-order valence-electron chi connectivity index (χ1n) is 6.06. The molecule has 102 valence electrons. The van der Waals surface area contributed by atoms with Crippen LogP contribution in [0.4, 0.5) is 4.39 Å². The van der Waals surface area contributed by atoms with Gasteiger partial charge in [0.2, 0.25) is 10.0 Å². The molecule has 0 amide bonds. The average molecular weight is 266 g/mol. The molecule has 1 heterocycles. The van der Waals surface area contributed by atoms with Gasteiger partial charge in [-0.3, -0.25) is 4.90 Å². The second kappa shape index (κ2) is 5.63. The van der Waals surface area contributed by atoms with Crippen LogP contribution in [0.3, 0.4) is 0 Å². The number of nitrogens with zero attached hydrogens (tertiary/aromatic N) is 2.